The Balaban J connectivity index is 2.39. The molecule has 1 unspecified atom stereocenters. The van der Waals surface area contributed by atoms with Gasteiger partial charge in [-0.2, -0.15) is 0 Å². The number of urea groups is 1. The van der Waals surface area contributed by atoms with Gasteiger partial charge in [0.15, 0.2) is 0 Å². The summed E-state index contributed by atoms with van der Waals surface area (Å²) in [5.74, 6) is 2.32. The van der Waals surface area contributed by atoms with Crippen molar-refractivity contribution in [2.45, 2.75) is 19.9 Å². The lowest BCUT2D eigenvalue weighted by atomic mass is 10.2. The standard InChI is InChI=1S/C13H22N4O2/c1-4-6-15-12(18)11(3)16-7-9-17(10-8-16)13(19)14-5-2/h1,11H,5-10H2,2-3H3,(H,14,19)(H,15,18). The molecule has 1 aliphatic rings. The Bertz CT molecular complexity index is 356. The average Bonchev–Trinajstić information content (AvgIpc) is 2.44. The topological polar surface area (TPSA) is 64.7 Å². The summed E-state index contributed by atoms with van der Waals surface area (Å²) in [5, 5.41) is 5.45. The third kappa shape index (κ3) is 4.45. The van der Waals surface area contributed by atoms with Gasteiger partial charge in [0.25, 0.3) is 0 Å². The summed E-state index contributed by atoms with van der Waals surface area (Å²) in [5.41, 5.74) is 0. The Kier molecular flexibility index (Phi) is 6.16. The Morgan fingerprint density at radius 2 is 1.89 bits per heavy atom. The van der Waals surface area contributed by atoms with Gasteiger partial charge in [0.1, 0.15) is 0 Å². The van der Waals surface area contributed by atoms with Gasteiger partial charge < -0.3 is 15.5 Å². The van der Waals surface area contributed by atoms with Crippen molar-refractivity contribution in [1.29, 1.82) is 0 Å². The van der Waals surface area contributed by atoms with E-state index in [0.717, 1.165) is 0 Å². The third-order valence-corrected chi connectivity index (χ3v) is 3.22. The minimum absolute atomic E-state index is 0.0356. The number of terminal acetylenes is 1. The molecular formula is C13H22N4O2. The van der Waals surface area contributed by atoms with Crippen LogP contribution in [0.1, 0.15) is 13.8 Å². The molecule has 0 aromatic rings. The zero-order valence-corrected chi connectivity index (χ0v) is 11.6. The minimum atomic E-state index is -0.218. The van der Waals surface area contributed by atoms with E-state index in [0.29, 0.717) is 32.7 Å². The van der Waals surface area contributed by atoms with Crippen LogP contribution in [-0.2, 0) is 4.79 Å². The summed E-state index contributed by atoms with van der Waals surface area (Å²) in [6.45, 7) is 7.30. The number of amides is 3. The van der Waals surface area contributed by atoms with Crippen molar-refractivity contribution < 1.29 is 9.59 Å². The molecule has 0 spiro atoms. The summed E-state index contributed by atoms with van der Waals surface area (Å²) >= 11 is 0. The predicted molar refractivity (Wildman–Crippen MR) is 73.5 cm³/mol. The van der Waals surface area contributed by atoms with Crippen LogP contribution in [0, 0.1) is 12.3 Å². The minimum Gasteiger partial charge on any atom is -0.344 e. The quantitative estimate of drug-likeness (QED) is 0.673. The molecule has 6 nitrogen and oxygen atoms in total. The second-order valence-electron chi connectivity index (χ2n) is 4.46. The van der Waals surface area contributed by atoms with E-state index in [9.17, 15) is 9.59 Å². The van der Waals surface area contributed by atoms with E-state index in [4.69, 9.17) is 6.42 Å². The molecule has 2 N–H and O–H groups in total. The van der Waals surface area contributed by atoms with Gasteiger partial charge in [-0.3, -0.25) is 9.69 Å². The number of piperazine rings is 1. The highest BCUT2D eigenvalue weighted by Gasteiger charge is 2.26. The van der Waals surface area contributed by atoms with Crippen molar-refractivity contribution in [2.24, 2.45) is 0 Å². The van der Waals surface area contributed by atoms with Crippen LogP contribution in [0.2, 0.25) is 0 Å². The van der Waals surface area contributed by atoms with Crippen molar-refractivity contribution in [3.8, 4) is 12.3 Å². The van der Waals surface area contributed by atoms with Gasteiger partial charge in [-0.15, -0.1) is 6.42 Å². The lowest BCUT2D eigenvalue weighted by molar-refractivity contribution is -0.126. The first-order chi connectivity index (χ1) is 9.10. The maximum Gasteiger partial charge on any atom is 0.317 e. The third-order valence-electron chi connectivity index (χ3n) is 3.22. The first-order valence-corrected chi connectivity index (χ1v) is 6.58. The van der Waals surface area contributed by atoms with E-state index >= 15 is 0 Å². The monoisotopic (exact) mass is 266 g/mol. The first-order valence-electron chi connectivity index (χ1n) is 6.58. The van der Waals surface area contributed by atoms with E-state index < -0.39 is 0 Å². The fraction of sp³-hybridized carbons (Fsp3) is 0.692. The number of carbonyl (C=O) groups excluding carboxylic acids is 2. The van der Waals surface area contributed by atoms with Crippen molar-refractivity contribution in [3.05, 3.63) is 0 Å². The molecule has 1 heterocycles. The van der Waals surface area contributed by atoms with Crippen LogP contribution in [0.15, 0.2) is 0 Å². The van der Waals surface area contributed by atoms with Crippen molar-refractivity contribution in [1.82, 2.24) is 20.4 Å². The number of nitrogens with one attached hydrogen (secondary N) is 2. The normalized spacial score (nSPS) is 17.4. The summed E-state index contributed by atoms with van der Waals surface area (Å²) in [6.07, 6.45) is 5.11. The zero-order valence-electron chi connectivity index (χ0n) is 11.6. The largest absolute Gasteiger partial charge is 0.344 e. The number of hydrogen-bond donors (Lipinski definition) is 2. The Morgan fingerprint density at radius 1 is 1.26 bits per heavy atom. The van der Waals surface area contributed by atoms with Gasteiger partial charge >= 0.3 is 6.03 Å². The van der Waals surface area contributed by atoms with E-state index in [1.165, 1.54) is 0 Å². The van der Waals surface area contributed by atoms with Crippen LogP contribution in [0.25, 0.3) is 0 Å². The Hall–Kier alpha value is -1.74. The summed E-state index contributed by atoms with van der Waals surface area (Å²) in [6, 6.07) is -0.253. The number of hydrogen-bond acceptors (Lipinski definition) is 3. The number of rotatable bonds is 4. The van der Waals surface area contributed by atoms with E-state index in [2.05, 4.69) is 21.5 Å². The molecule has 1 atom stereocenters. The fourth-order valence-corrected chi connectivity index (χ4v) is 2.03. The smallest absolute Gasteiger partial charge is 0.317 e. The van der Waals surface area contributed by atoms with Crippen LogP contribution in [0.3, 0.4) is 0 Å². The fourth-order valence-electron chi connectivity index (χ4n) is 2.03. The molecule has 0 bridgehead atoms. The Labute approximate surface area is 114 Å². The van der Waals surface area contributed by atoms with Crippen molar-refractivity contribution >= 4 is 11.9 Å². The molecule has 0 saturated carbocycles. The van der Waals surface area contributed by atoms with Crippen LogP contribution in [0.4, 0.5) is 4.79 Å². The number of nitrogens with zero attached hydrogens (tertiary/aromatic N) is 2. The summed E-state index contributed by atoms with van der Waals surface area (Å²) in [7, 11) is 0. The predicted octanol–water partition coefficient (Wildman–Crippen LogP) is -0.529. The molecule has 0 aliphatic carbocycles. The highest BCUT2D eigenvalue weighted by atomic mass is 16.2. The molecule has 0 aromatic heterocycles. The number of carbonyl (C=O) groups is 2. The molecule has 1 rings (SSSR count). The summed E-state index contributed by atoms with van der Waals surface area (Å²) in [4.78, 5) is 27.2. The van der Waals surface area contributed by atoms with Crippen molar-refractivity contribution in [2.75, 3.05) is 39.3 Å². The molecule has 1 fully saturated rings. The molecule has 6 heteroatoms. The Morgan fingerprint density at radius 3 is 2.42 bits per heavy atom. The molecule has 19 heavy (non-hydrogen) atoms. The maximum absolute atomic E-state index is 11.8. The van der Waals surface area contributed by atoms with Gasteiger partial charge in [0, 0.05) is 32.7 Å². The van der Waals surface area contributed by atoms with Crippen LogP contribution in [-0.4, -0.2) is 67.0 Å². The molecular weight excluding hydrogens is 244 g/mol. The molecule has 0 radical (unpaired) electrons. The highest BCUT2D eigenvalue weighted by Crippen LogP contribution is 2.06. The molecule has 3 amide bonds. The zero-order chi connectivity index (χ0) is 14.3. The highest BCUT2D eigenvalue weighted by molar-refractivity contribution is 5.81. The van der Waals surface area contributed by atoms with Gasteiger partial charge in [0.2, 0.25) is 5.91 Å². The van der Waals surface area contributed by atoms with E-state index in [1.807, 2.05) is 13.8 Å². The van der Waals surface area contributed by atoms with E-state index in [-0.39, 0.29) is 24.5 Å². The second kappa shape index (κ2) is 7.64. The first kappa shape index (κ1) is 15.3. The molecule has 1 saturated heterocycles. The van der Waals surface area contributed by atoms with Gasteiger partial charge in [0.05, 0.1) is 12.6 Å². The maximum atomic E-state index is 11.8. The van der Waals surface area contributed by atoms with E-state index in [1.54, 1.807) is 4.90 Å². The van der Waals surface area contributed by atoms with Crippen LogP contribution < -0.4 is 10.6 Å². The lowest BCUT2D eigenvalue weighted by Crippen LogP contribution is -2.56. The lowest BCUT2D eigenvalue weighted by Gasteiger charge is -2.37. The SMILES string of the molecule is C#CCNC(=O)C(C)N1CCN(C(=O)NCC)CC1. The van der Waals surface area contributed by atoms with Crippen LogP contribution >= 0.6 is 0 Å². The molecule has 106 valence electrons. The summed E-state index contributed by atoms with van der Waals surface area (Å²) < 4.78 is 0. The van der Waals surface area contributed by atoms with Crippen LogP contribution in [0.5, 0.6) is 0 Å². The van der Waals surface area contributed by atoms with Gasteiger partial charge in [-0.1, -0.05) is 5.92 Å². The van der Waals surface area contributed by atoms with Gasteiger partial charge in [-0.25, -0.2) is 4.79 Å². The molecule has 1 aliphatic heterocycles. The second-order valence-corrected chi connectivity index (χ2v) is 4.46. The van der Waals surface area contributed by atoms with Gasteiger partial charge in [-0.05, 0) is 13.8 Å². The van der Waals surface area contributed by atoms with Crippen molar-refractivity contribution in [3.63, 3.8) is 0 Å². The average molecular weight is 266 g/mol. The molecule has 0 aromatic carbocycles.